The Bertz CT molecular complexity index is 1290. The summed E-state index contributed by atoms with van der Waals surface area (Å²) in [7, 11) is 0. The van der Waals surface area contributed by atoms with Crippen LogP contribution in [0.3, 0.4) is 0 Å². The fraction of sp³-hybridized carbons (Fsp3) is 0.419. The van der Waals surface area contributed by atoms with Gasteiger partial charge in [0.25, 0.3) is 0 Å². The lowest BCUT2D eigenvalue weighted by Gasteiger charge is -2.44. The first-order valence-electron chi connectivity index (χ1n) is 11.8. The first kappa shape index (κ1) is 19.4. The molecule has 0 saturated carbocycles. The zero-order valence-electron chi connectivity index (χ0n) is 20.3. The van der Waals surface area contributed by atoms with Gasteiger partial charge in [0.05, 0.1) is 0 Å². The summed E-state index contributed by atoms with van der Waals surface area (Å²) in [6, 6.07) is 19.1. The Morgan fingerprint density at radius 2 is 1.06 bits per heavy atom. The largest absolute Gasteiger partial charge is 0.0619 e. The molecule has 0 spiro atoms. The lowest BCUT2D eigenvalue weighted by atomic mass is 9.59. The van der Waals surface area contributed by atoms with Gasteiger partial charge < -0.3 is 0 Å². The van der Waals surface area contributed by atoms with E-state index in [0.29, 0.717) is 0 Å². The van der Waals surface area contributed by atoms with Gasteiger partial charge in [-0.15, -0.1) is 0 Å². The second kappa shape index (κ2) is 5.34. The van der Waals surface area contributed by atoms with Crippen molar-refractivity contribution in [2.45, 2.75) is 78.1 Å². The maximum atomic E-state index is 2.56. The molecule has 3 aliphatic carbocycles. The summed E-state index contributed by atoms with van der Waals surface area (Å²) in [5, 5.41) is 0. The predicted octanol–water partition coefficient (Wildman–Crippen LogP) is 8.16. The molecule has 0 fully saturated rings. The van der Waals surface area contributed by atoms with E-state index in [2.05, 4.69) is 104 Å². The minimum Gasteiger partial charge on any atom is -0.0619 e. The van der Waals surface area contributed by atoms with Crippen molar-refractivity contribution >= 4 is 0 Å². The van der Waals surface area contributed by atoms with Crippen LogP contribution in [0.4, 0.5) is 0 Å². The number of rotatable bonds is 0. The van der Waals surface area contributed by atoms with E-state index < -0.39 is 0 Å². The molecule has 0 atom stereocenters. The molecule has 0 aromatic heterocycles. The molecule has 3 aliphatic rings. The Kier molecular flexibility index (Phi) is 3.34. The van der Waals surface area contributed by atoms with Crippen LogP contribution in [-0.4, -0.2) is 0 Å². The third kappa shape index (κ3) is 2.03. The van der Waals surface area contributed by atoms with Crippen molar-refractivity contribution in [2.75, 3.05) is 0 Å². The molecule has 31 heavy (non-hydrogen) atoms. The Balaban J connectivity index is 1.60. The highest BCUT2D eigenvalue weighted by atomic mass is 14.6. The molecule has 0 nitrogen and oxygen atoms in total. The molecule has 158 valence electrons. The van der Waals surface area contributed by atoms with E-state index in [-0.39, 0.29) is 21.7 Å². The highest BCUT2D eigenvalue weighted by Crippen LogP contribution is 2.63. The van der Waals surface area contributed by atoms with Crippen LogP contribution < -0.4 is 0 Å². The summed E-state index contributed by atoms with van der Waals surface area (Å²) >= 11 is 0. The second-order valence-corrected chi connectivity index (χ2v) is 12.3. The molecule has 6 rings (SSSR count). The standard InChI is InChI=1S/C31H34/c1-28(2)24-12-10-9-11-20(24)23-16-21-18(14-25(23)28)13-19-15-26-27(17-22(19)21)30(5,6)31(7,8)29(26,3)4/h9-12,14-17H,13H2,1-8H3. The van der Waals surface area contributed by atoms with Crippen molar-refractivity contribution in [3.05, 3.63) is 81.9 Å². The summed E-state index contributed by atoms with van der Waals surface area (Å²) in [5.41, 5.74) is 15.5. The second-order valence-electron chi connectivity index (χ2n) is 12.3. The Hall–Kier alpha value is -2.34. The number of benzene rings is 3. The average molecular weight is 407 g/mol. The zero-order valence-corrected chi connectivity index (χ0v) is 20.3. The molecule has 0 amide bonds. The molecule has 0 aliphatic heterocycles. The fourth-order valence-electron chi connectivity index (χ4n) is 6.92. The van der Waals surface area contributed by atoms with Gasteiger partial charge >= 0.3 is 0 Å². The van der Waals surface area contributed by atoms with Gasteiger partial charge in [-0.2, -0.15) is 0 Å². The lowest BCUT2D eigenvalue weighted by Crippen LogP contribution is -2.42. The van der Waals surface area contributed by atoms with E-state index in [1.54, 1.807) is 11.1 Å². The third-order valence-electron chi connectivity index (χ3n) is 10.2. The van der Waals surface area contributed by atoms with Crippen LogP contribution in [0.25, 0.3) is 22.3 Å². The van der Waals surface area contributed by atoms with Crippen molar-refractivity contribution in [3.8, 4) is 22.3 Å². The van der Waals surface area contributed by atoms with Crippen LogP contribution in [-0.2, 0) is 22.7 Å². The molecule has 0 bridgehead atoms. The quantitative estimate of drug-likeness (QED) is 0.276. The van der Waals surface area contributed by atoms with E-state index in [4.69, 9.17) is 0 Å². The van der Waals surface area contributed by atoms with Crippen LogP contribution in [0.2, 0.25) is 0 Å². The summed E-state index contributed by atoms with van der Waals surface area (Å²) in [6.07, 6.45) is 1.06. The molecule has 0 saturated heterocycles. The molecule has 0 radical (unpaired) electrons. The van der Waals surface area contributed by atoms with E-state index in [0.717, 1.165) is 6.42 Å². The monoisotopic (exact) mass is 406 g/mol. The summed E-state index contributed by atoms with van der Waals surface area (Å²) in [4.78, 5) is 0. The molecule has 0 unspecified atom stereocenters. The minimum atomic E-state index is 0.0749. The number of fused-ring (bicyclic) bond motifs is 7. The number of hydrogen-bond acceptors (Lipinski definition) is 0. The van der Waals surface area contributed by atoms with Crippen molar-refractivity contribution in [2.24, 2.45) is 5.41 Å². The van der Waals surface area contributed by atoms with Gasteiger partial charge in [-0.1, -0.05) is 91.8 Å². The van der Waals surface area contributed by atoms with Gasteiger partial charge in [-0.3, -0.25) is 0 Å². The molecule has 0 heterocycles. The first-order chi connectivity index (χ1) is 14.4. The van der Waals surface area contributed by atoms with Gasteiger partial charge in [-0.25, -0.2) is 0 Å². The maximum Gasteiger partial charge on any atom is 0.0158 e. The van der Waals surface area contributed by atoms with Crippen molar-refractivity contribution in [3.63, 3.8) is 0 Å². The highest BCUT2D eigenvalue weighted by Gasteiger charge is 2.57. The maximum absolute atomic E-state index is 2.56. The minimum absolute atomic E-state index is 0.0749. The Morgan fingerprint density at radius 1 is 0.516 bits per heavy atom. The molecule has 3 aromatic carbocycles. The van der Waals surface area contributed by atoms with Crippen molar-refractivity contribution < 1.29 is 0 Å². The summed E-state index contributed by atoms with van der Waals surface area (Å²) < 4.78 is 0. The SMILES string of the molecule is CC1(C)c2ccccc2-c2cc3c(cc21)Cc1cc2c(cc1-3)C(C)(C)C(C)(C)C2(C)C. The molecule has 3 aromatic rings. The Morgan fingerprint density at radius 3 is 1.74 bits per heavy atom. The van der Waals surface area contributed by atoms with Gasteiger partial charge in [0.2, 0.25) is 0 Å². The number of hydrogen-bond donors (Lipinski definition) is 0. The van der Waals surface area contributed by atoms with Crippen LogP contribution in [0, 0.1) is 5.41 Å². The topological polar surface area (TPSA) is 0 Å². The zero-order chi connectivity index (χ0) is 22.1. The fourth-order valence-corrected chi connectivity index (χ4v) is 6.92. The van der Waals surface area contributed by atoms with Crippen molar-refractivity contribution in [1.82, 2.24) is 0 Å². The molecule has 0 heteroatoms. The third-order valence-corrected chi connectivity index (χ3v) is 10.2. The van der Waals surface area contributed by atoms with E-state index >= 15 is 0 Å². The molecular formula is C31H34. The van der Waals surface area contributed by atoms with Gasteiger partial charge in [-0.05, 0) is 90.4 Å². The highest BCUT2D eigenvalue weighted by molar-refractivity contribution is 5.89. The van der Waals surface area contributed by atoms with Gasteiger partial charge in [0, 0.05) is 5.41 Å². The van der Waals surface area contributed by atoms with E-state index in [1.165, 1.54) is 44.5 Å². The molecular weight excluding hydrogens is 372 g/mol. The predicted molar refractivity (Wildman–Crippen MR) is 132 cm³/mol. The van der Waals surface area contributed by atoms with Crippen LogP contribution >= 0.6 is 0 Å². The summed E-state index contributed by atoms with van der Waals surface area (Å²) in [6.45, 7) is 19.5. The van der Waals surface area contributed by atoms with E-state index in [1.807, 2.05) is 0 Å². The van der Waals surface area contributed by atoms with Crippen molar-refractivity contribution in [1.29, 1.82) is 0 Å². The average Bonchev–Trinajstić information content (AvgIpc) is 3.20. The Labute approximate surface area is 187 Å². The van der Waals surface area contributed by atoms with E-state index in [9.17, 15) is 0 Å². The normalized spacial score (nSPS) is 21.8. The lowest BCUT2D eigenvalue weighted by molar-refractivity contribution is 0.125. The first-order valence-corrected chi connectivity index (χ1v) is 11.8. The van der Waals surface area contributed by atoms with Crippen LogP contribution in [0.1, 0.15) is 88.8 Å². The molecule has 0 N–H and O–H groups in total. The van der Waals surface area contributed by atoms with Gasteiger partial charge in [0.15, 0.2) is 0 Å². The smallest absolute Gasteiger partial charge is 0.0158 e. The van der Waals surface area contributed by atoms with Gasteiger partial charge in [0.1, 0.15) is 0 Å². The summed E-state index contributed by atoms with van der Waals surface area (Å²) in [5.74, 6) is 0. The van der Waals surface area contributed by atoms with Crippen LogP contribution in [0.5, 0.6) is 0 Å². The van der Waals surface area contributed by atoms with Crippen LogP contribution in [0.15, 0.2) is 48.5 Å².